The van der Waals surface area contributed by atoms with Crippen molar-refractivity contribution in [3.63, 3.8) is 0 Å². The number of carboxylic acid groups (broad SMARTS) is 2. The summed E-state index contributed by atoms with van der Waals surface area (Å²) in [4.78, 5) is 78.3. The Morgan fingerprint density at radius 2 is 1.00 bits per heavy atom. The van der Waals surface area contributed by atoms with Gasteiger partial charge in [0.2, 0.25) is 0 Å². The molecule has 4 aromatic rings. The molecule has 0 radical (unpaired) electrons. The number of aliphatic hydroxyl groups is 2. The van der Waals surface area contributed by atoms with Crippen LogP contribution in [0, 0.1) is 0 Å². The van der Waals surface area contributed by atoms with Gasteiger partial charge >= 0.3 is 23.3 Å². The molecule has 18 nitrogen and oxygen atoms in total. The molecular weight excluding hydrogens is 488 g/mol. The second-order valence-electron chi connectivity index (χ2n) is 7.18. The average molecular weight is 510 g/mol. The second kappa shape index (κ2) is 10.6. The molecule has 6 N–H and O–H groups in total. The fourth-order valence-electron chi connectivity index (χ4n) is 2.81. The highest BCUT2D eigenvalue weighted by Gasteiger charge is 2.29. The number of carbonyl (C=O) groups is 2. The molecule has 0 saturated heterocycles. The number of aromatic amines is 2. The molecule has 0 spiro atoms. The predicted octanol–water partition coefficient (Wildman–Crippen LogP) is -4.20. The Morgan fingerprint density at radius 3 is 1.28 bits per heavy atom. The van der Waals surface area contributed by atoms with Crippen LogP contribution < -0.4 is 22.5 Å². The van der Waals surface area contributed by atoms with Gasteiger partial charge in [-0.15, -0.1) is 0 Å². The van der Waals surface area contributed by atoms with Gasteiger partial charge in [0.15, 0.2) is 23.5 Å². The van der Waals surface area contributed by atoms with Crippen molar-refractivity contribution in [2.45, 2.75) is 12.2 Å². The van der Waals surface area contributed by atoms with Gasteiger partial charge in [0.25, 0.3) is 11.1 Å². The number of hydrogen-bond donors (Lipinski definition) is 6. The molecule has 18 heteroatoms. The summed E-state index contributed by atoms with van der Waals surface area (Å²) >= 11 is 0. The van der Waals surface area contributed by atoms with Gasteiger partial charge in [-0.25, -0.2) is 29.1 Å². The van der Waals surface area contributed by atoms with Crippen LogP contribution in [0.25, 0.3) is 22.3 Å². The van der Waals surface area contributed by atoms with E-state index in [2.05, 4.69) is 19.9 Å². The molecule has 4 rings (SSSR count). The third-order valence-electron chi connectivity index (χ3n) is 4.86. The van der Waals surface area contributed by atoms with Crippen molar-refractivity contribution in [1.29, 1.82) is 0 Å². The van der Waals surface area contributed by atoms with Crippen LogP contribution in [0.3, 0.4) is 0 Å². The van der Waals surface area contributed by atoms with Crippen LogP contribution in [-0.2, 0) is 37.8 Å². The number of fused-ring (bicyclic) bond motifs is 2. The van der Waals surface area contributed by atoms with E-state index < -0.39 is 24.1 Å². The quantitative estimate of drug-likeness (QED) is 0.153. The Morgan fingerprint density at radius 1 is 0.694 bits per heavy atom. The average Bonchev–Trinajstić information content (AvgIpc) is 3.54. The van der Waals surface area contributed by atoms with E-state index in [1.807, 2.05) is 0 Å². The lowest BCUT2D eigenvalue weighted by Crippen LogP contribution is -2.39. The van der Waals surface area contributed by atoms with Crippen molar-refractivity contribution in [3.05, 3.63) is 54.3 Å². The van der Waals surface area contributed by atoms with Gasteiger partial charge in [-0.1, -0.05) is 0 Å². The number of H-pyrrole nitrogens is 2. The van der Waals surface area contributed by atoms with E-state index in [4.69, 9.17) is 20.4 Å². The summed E-state index contributed by atoms with van der Waals surface area (Å²) in [5.41, 5.74) is 0.0239. The highest BCUT2D eigenvalue weighted by Crippen LogP contribution is 1.98. The van der Waals surface area contributed by atoms with Crippen molar-refractivity contribution in [2.75, 3.05) is 0 Å². The first-order chi connectivity index (χ1) is 16.7. The number of aromatic nitrogens is 8. The zero-order valence-electron chi connectivity index (χ0n) is 19.2. The molecule has 0 aromatic carbocycles. The Labute approximate surface area is 198 Å². The molecule has 0 aliphatic heterocycles. The molecule has 0 unspecified atom stereocenters. The Hall–Kier alpha value is -4.84. The summed E-state index contributed by atoms with van der Waals surface area (Å²) in [6.45, 7) is 0. The molecule has 2 atom stereocenters. The van der Waals surface area contributed by atoms with E-state index in [1.54, 1.807) is 14.1 Å². The number of hydrogen-bond acceptors (Lipinski definition) is 10. The van der Waals surface area contributed by atoms with E-state index in [0.717, 1.165) is 9.13 Å². The molecule has 0 saturated carbocycles. The molecule has 194 valence electrons. The third kappa shape index (κ3) is 5.13. The lowest BCUT2D eigenvalue weighted by atomic mass is 10.2. The normalized spacial score (nSPS) is 12.3. The number of carboxylic acids is 2. The van der Waals surface area contributed by atoms with Crippen molar-refractivity contribution in [3.8, 4) is 0 Å². The SMILES string of the molecule is Cn1c(=O)c2[nH]cnc2n(C)c1=O.Cn1c(=O)c2[nH]cnc2n(C)c1=O.O=C(O)[C@H](O)[C@@H](O)C(=O)O. The summed E-state index contributed by atoms with van der Waals surface area (Å²) in [7, 11) is 6.02. The zero-order chi connectivity index (χ0) is 27.5. The van der Waals surface area contributed by atoms with Crippen LogP contribution in [0.4, 0.5) is 0 Å². The predicted molar refractivity (Wildman–Crippen MR) is 120 cm³/mol. The third-order valence-corrected chi connectivity index (χ3v) is 4.86. The zero-order valence-corrected chi connectivity index (χ0v) is 19.2. The molecule has 0 fully saturated rings. The van der Waals surface area contributed by atoms with Gasteiger partial charge in [-0.05, 0) is 0 Å². The fraction of sp³-hybridized carbons (Fsp3) is 0.333. The van der Waals surface area contributed by atoms with Crippen molar-refractivity contribution in [2.24, 2.45) is 28.2 Å². The minimum absolute atomic E-state index is 0.351. The summed E-state index contributed by atoms with van der Waals surface area (Å²) < 4.78 is 4.74. The highest BCUT2D eigenvalue weighted by atomic mass is 16.4. The highest BCUT2D eigenvalue weighted by molar-refractivity contribution is 5.83. The van der Waals surface area contributed by atoms with Gasteiger partial charge in [-0.2, -0.15) is 0 Å². The number of imidazole rings is 2. The first-order valence-corrected chi connectivity index (χ1v) is 9.72. The van der Waals surface area contributed by atoms with Crippen LogP contribution in [0.1, 0.15) is 0 Å². The first kappa shape index (κ1) is 27.4. The monoisotopic (exact) mass is 510 g/mol. The van der Waals surface area contributed by atoms with Crippen LogP contribution in [-0.4, -0.2) is 82.8 Å². The Bertz CT molecular complexity index is 1540. The lowest BCUT2D eigenvalue weighted by Gasteiger charge is -2.07. The van der Waals surface area contributed by atoms with E-state index in [-0.39, 0.29) is 22.5 Å². The van der Waals surface area contributed by atoms with E-state index >= 15 is 0 Å². The molecule has 0 aliphatic carbocycles. The largest absolute Gasteiger partial charge is 0.479 e. The van der Waals surface area contributed by atoms with E-state index in [9.17, 15) is 28.8 Å². The summed E-state index contributed by atoms with van der Waals surface area (Å²) in [5, 5.41) is 32.5. The van der Waals surface area contributed by atoms with Crippen molar-refractivity contribution < 1.29 is 30.0 Å². The smallest absolute Gasteiger partial charge is 0.335 e. The maximum atomic E-state index is 11.4. The van der Waals surface area contributed by atoms with Gasteiger partial charge in [-0.3, -0.25) is 27.9 Å². The standard InChI is InChI=1S/2C7H8N4O2.C4H6O6/c2*1-10-5-4(8-3-9-5)6(12)11(2)7(10)13;5-1(3(7)8)2(6)4(9)10/h2*3H,1-2H3,(H,8,9);1-2,5-6H,(H,7,8)(H,9,10)/t;;1-,2-/m..1/s1. The summed E-state index contributed by atoms with van der Waals surface area (Å²) in [5.74, 6) is -3.54. The van der Waals surface area contributed by atoms with Gasteiger partial charge in [0.1, 0.15) is 11.0 Å². The molecule has 36 heavy (non-hydrogen) atoms. The molecule has 0 bridgehead atoms. The number of nitrogens with zero attached hydrogens (tertiary/aromatic N) is 6. The number of aliphatic hydroxyl groups excluding tert-OH is 2. The maximum absolute atomic E-state index is 11.4. The molecule has 4 heterocycles. The van der Waals surface area contributed by atoms with Crippen molar-refractivity contribution in [1.82, 2.24) is 38.2 Å². The Kier molecular flexibility index (Phi) is 8.08. The number of aryl methyl sites for hydroxylation is 2. The number of nitrogens with one attached hydrogen (secondary N) is 2. The van der Waals surface area contributed by atoms with E-state index in [1.165, 1.54) is 35.9 Å². The minimum atomic E-state index is -2.27. The molecule has 0 aliphatic rings. The lowest BCUT2D eigenvalue weighted by molar-refractivity contribution is -0.165. The summed E-state index contributed by atoms with van der Waals surface area (Å²) in [6, 6.07) is 0. The topological polar surface area (TPSA) is 260 Å². The number of aliphatic carboxylic acids is 2. The first-order valence-electron chi connectivity index (χ1n) is 9.72. The fourth-order valence-corrected chi connectivity index (χ4v) is 2.81. The minimum Gasteiger partial charge on any atom is -0.479 e. The van der Waals surface area contributed by atoms with Gasteiger partial charge < -0.3 is 30.4 Å². The molecule has 4 aromatic heterocycles. The van der Waals surface area contributed by atoms with Gasteiger partial charge in [0, 0.05) is 28.2 Å². The van der Waals surface area contributed by atoms with Crippen LogP contribution in [0.2, 0.25) is 0 Å². The molecule has 0 amide bonds. The van der Waals surface area contributed by atoms with Crippen LogP contribution in [0.5, 0.6) is 0 Å². The van der Waals surface area contributed by atoms with Crippen LogP contribution >= 0.6 is 0 Å². The second-order valence-corrected chi connectivity index (χ2v) is 7.18. The Balaban J connectivity index is 0.000000193. The molecular formula is C18H22N8O10. The van der Waals surface area contributed by atoms with Gasteiger partial charge in [0.05, 0.1) is 12.7 Å². The summed E-state index contributed by atoms with van der Waals surface area (Å²) in [6.07, 6.45) is -1.74. The van der Waals surface area contributed by atoms with E-state index in [0.29, 0.717) is 22.3 Å². The number of rotatable bonds is 3. The maximum Gasteiger partial charge on any atom is 0.335 e. The van der Waals surface area contributed by atoms with Crippen molar-refractivity contribution >= 4 is 34.3 Å². The van der Waals surface area contributed by atoms with Crippen LogP contribution in [0.15, 0.2) is 31.8 Å².